The van der Waals surface area contributed by atoms with Crippen molar-refractivity contribution >= 4 is 17.8 Å². The fourth-order valence-electron chi connectivity index (χ4n) is 2.44. The Labute approximate surface area is 117 Å². The molecular formula is C13H20N2O5. The Morgan fingerprint density at radius 3 is 2.70 bits per heavy atom. The van der Waals surface area contributed by atoms with Crippen LogP contribution in [0.15, 0.2) is 5.16 Å². The Morgan fingerprint density at radius 2 is 2.15 bits per heavy atom. The largest absolute Gasteiger partial charge is 0.477 e. The van der Waals surface area contributed by atoms with Crippen molar-refractivity contribution in [3.63, 3.8) is 0 Å². The van der Waals surface area contributed by atoms with Gasteiger partial charge in [0.05, 0.1) is 6.54 Å². The van der Waals surface area contributed by atoms with E-state index in [0.29, 0.717) is 19.5 Å². The van der Waals surface area contributed by atoms with Crippen LogP contribution in [0.4, 0.5) is 4.79 Å². The van der Waals surface area contributed by atoms with Crippen LogP contribution in [0.25, 0.3) is 0 Å². The van der Waals surface area contributed by atoms with Gasteiger partial charge in [0.15, 0.2) is 11.3 Å². The summed E-state index contributed by atoms with van der Waals surface area (Å²) >= 11 is 0. The first-order valence-electron chi connectivity index (χ1n) is 6.67. The first-order chi connectivity index (χ1) is 9.21. The van der Waals surface area contributed by atoms with E-state index >= 15 is 0 Å². The number of hydrogen-bond acceptors (Lipinski definition) is 5. The summed E-state index contributed by atoms with van der Waals surface area (Å²) in [5.74, 6) is -1.07. The molecule has 0 radical (unpaired) electrons. The Morgan fingerprint density at radius 1 is 1.45 bits per heavy atom. The maximum Gasteiger partial charge on any atom is 0.410 e. The van der Waals surface area contributed by atoms with Gasteiger partial charge >= 0.3 is 12.1 Å². The van der Waals surface area contributed by atoms with Crippen LogP contribution in [0.5, 0.6) is 0 Å². The van der Waals surface area contributed by atoms with Crippen molar-refractivity contribution in [1.82, 2.24) is 4.90 Å². The second-order valence-electron chi connectivity index (χ2n) is 6.30. The zero-order valence-electron chi connectivity index (χ0n) is 12.0. The molecule has 2 aliphatic heterocycles. The summed E-state index contributed by atoms with van der Waals surface area (Å²) in [6.07, 6.45) is 1.25. The van der Waals surface area contributed by atoms with Crippen LogP contribution in [-0.2, 0) is 14.4 Å². The number of aliphatic carboxylic acids is 1. The van der Waals surface area contributed by atoms with Crippen LogP contribution >= 0.6 is 0 Å². The molecule has 2 aliphatic rings. The number of amides is 1. The highest BCUT2D eigenvalue weighted by Crippen LogP contribution is 2.33. The average Bonchev–Trinajstić information content (AvgIpc) is 2.71. The fraction of sp³-hybridized carbons (Fsp3) is 0.769. The lowest BCUT2D eigenvalue weighted by atomic mass is 9.88. The second-order valence-corrected chi connectivity index (χ2v) is 6.30. The van der Waals surface area contributed by atoms with Crippen molar-refractivity contribution in [2.75, 3.05) is 13.1 Å². The molecule has 0 saturated carbocycles. The summed E-state index contributed by atoms with van der Waals surface area (Å²) in [6.45, 7) is 6.32. The second kappa shape index (κ2) is 4.96. The van der Waals surface area contributed by atoms with Crippen LogP contribution in [0.1, 0.15) is 40.0 Å². The van der Waals surface area contributed by atoms with Gasteiger partial charge in [0, 0.05) is 13.0 Å². The quantitative estimate of drug-likeness (QED) is 0.790. The van der Waals surface area contributed by atoms with E-state index in [2.05, 4.69) is 5.16 Å². The fourth-order valence-corrected chi connectivity index (χ4v) is 2.44. The van der Waals surface area contributed by atoms with Crippen LogP contribution in [-0.4, -0.2) is 52.1 Å². The molecule has 1 N–H and O–H groups in total. The van der Waals surface area contributed by atoms with Gasteiger partial charge in [-0.1, -0.05) is 5.16 Å². The predicted octanol–water partition coefficient (Wildman–Crippen LogP) is 1.62. The molecule has 7 nitrogen and oxygen atoms in total. The van der Waals surface area contributed by atoms with Gasteiger partial charge in [0.2, 0.25) is 0 Å². The van der Waals surface area contributed by atoms with Crippen molar-refractivity contribution in [2.45, 2.75) is 51.2 Å². The molecule has 20 heavy (non-hydrogen) atoms. The third-order valence-corrected chi connectivity index (χ3v) is 3.28. The zero-order chi connectivity index (χ0) is 15.0. The molecule has 112 valence electrons. The lowest BCUT2D eigenvalue weighted by Gasteiger charge is -2.38. The number of carbonyl (C=O) groups excluding carboxylic acids is 1. The summed E-state index contributed by atoms with van der Waals surface area (Å²) < 4.78 is 5.33. The summed E-state index contributed by atoms with van der Waals surface area (Å²) in [5.41, 5.74) is -1.25. The van der Waals surface area contributed by atoms with E-state index in [1.807, 2.05) is 20.8 Å². The number of likely N-dealkylation sites (tertiary alicyclic amines) is 1. The highest BCUT2D eigenvalue weighted by Gasteiger charge is 2.46. The molecule has 1 atom stereocenters. The number of hydrogen-bond donors (Lipinski definition) is 1. The van der Waals surface area contributed by atoms with E-state index in [9.17, 15) is 9.59 Å². The zero-order valence-corrected chi connectivity index (χ0v) is 12.0. The number of carboxylic acid groups (broad SMARTS) is 1. The van der Waals surface area contributed by atoms with Gasteiger partial charge in [0.25, 0.3) is 0 Å². The maximum atomic E-state index is 12.1. The molecule has 2 heterocycles. The van der Waals surface area contributed by atoms with Crippen LogP contribution in [0.2, 0.25) is 0 Å². The highest BCUT2D eigenvalue weighted by molar-refractivity contribution is 6.36. The molecule has 1 saturated heterocycles. The smallest absolute Gasteiger partial charge is 0.410 e. The van der Waals surface area contributed by atoms with Crippen molar-refractivity contribution in [3.05, 3.63) is 0 Å². The Kier molecular flexibility index (Phi) is 3.62. The molecule has 1 amide bonds. The topological polar surface area (TPSA) is 88.4 Å². The van der Waals surface area contributed by atoms with Crippen molar-refractivity contribution in [1.29, 1.82) is 0 Å². The van der Waals surface area contributed by atoms with E-state index in [0.717, 1.165) is 6.42 Å². The summed E-state index contributed by atoms with van der Waals surface area (Å²) in [5, 5.41) is 12.6. The molecule has 0 bridgehead atoms. The van der Waals surface area contributed by atoms with Gasteiger partial charge in [-0.05, 0) is 33.6 Å². The third-order valence-electron chi connectivity index (χ3n) is 3.28. The van der Waals surface area contributed by atoms with E-state index in [4.69, 9.17) is 14.7 Å². The SMILES string of the molecule is CC(C)(C)OC(=O)N1CCCC2(CC(C(=O)O)=NO2)C1. The number of piperidine rings is 1. The Bertz CT molecular complexity index is 454. The van der Waals surface area contributed by atoms with Gasteiger partial charge in [-0.3, -0.25) is 0 Å². The molecule has 0 aromatic rings. The van der Waals surface area contributed by atoms with E-state index in [1.165, 1.54) is 0 Å². The van der Waals surface area contributed by atoms with E-state index in [-0.39, 0.29) is 12.1 Å². The Hall–Kier alpha value is -1.79. The molecule has 7 heteroatoms. The minimum Gasteiger partial charge on any atom is -0.477 e. The predicted molar refractivity (Wildman–Crippen MR) is 70.5 cm³/mol. The molecule has 0 aromatic heterocycles. The standard InChI is InChI=1S/C13H20N2O5/c1-12(2,3)19-11(18)15-6-4-5-13(8-15)7-9(10(16)17)14-20-13/h4-8H2,1-3H3,(H,16,17). The van der Waals surface area contributed by atoms with Crippen molar-refractivity contribution < 1.29 is 24.3 Å². The lowest BCUT2D eigenvalue weighted by Crippen LogP contribution is -2.51. The van der Waals surface area contributed by atoms with Crippen LogP contribution in [0.3, 0.4) is 0 Å². The normalized spacial score (nSPS) is 26.1. The van der Waals surface area contributed by atoms with Gasteiger partial charge in [-0.15, -0.1) is 0 Å². The van der Waals surface area contributed by atoms with Crippen LogP contribution < -0.4 is 0 Å². The first-order valence-corrected chi connectivity index (χ1v) is 6.67. The van der Waals surface area contributed by atoms with Gasteiger partial charge in [0.1, 0.15) is 5.60 Å². The molecule has 1 fully saturated rings. The molecular weight excluding hydrogens is 264 g/mol. The summed E-state index contributed by atoms with van der Waals surface area (Å²) in [6, 6.07) is 0. The highest BCUT2D eigenvalue weighted by atomic mass is 16.7. The minimum atomic E-state index is -1.07. The molecule has 1 spiro atoms. The number of oxime groups is 1. The van der Waals surface area contributed by atoms with Gasteiger partial charge in [-0.2, -0.15) is 0 Å². The third kappa shape index (κ3) is 3.20. The number of carbonyl (C=O) groups is 2. The number of ether oxygens (including phenoxy) is 1. The molecule has 0 aromatic carbocycles. The van der Waals surface area contributed by atoms with E-state index in [1.54, 1.807) is 4.90 Å². The molecule has 1 unspecified atom stereocenters. The van der Waals surface area contributed by atoms with Gasteiger partial charge in [-0.25, -0.2) is 9.59 Å². The molecule has 2 rings (SSSR count). The lowest BCUT2D eigenvalue weighted by molar-refractivity contribution is -0.129. The summed E-state index contributed by atoms with van der Waals surface area (Å²) in [4.78, 5) is 29.9. The monoisotopic (exact) mass is 284 g/mol. The van der Waals surface area contributed by atoms with E-state index < -0.39 is 23.3 Å². The van der Waals surface area contributed by atoms with Crippen molar-refractivity contribution in [2.24, 2.45) is 5.16 Å². The van der Waals surface area contributed by atoms with Gasteiger partial charge < -0.3 is 19.6 Å². The number of carboxylic acids is 1. The average molecular weight is 284 g/mol. The number of rotatable bonds is 1. The Balaban J connectivity index is 2.00. The minimum absolute atomic E-state index is 0.0102. The maximum absolute atomic E-state index is 12.1. The number of nitrogens with zero attached hydrogens (tertiary/aromatic N) is 2. The first kappa shape index (κ1) is 14.6. The molecule has 0 aliphatic carbocycles. The summed E-state index contributed by atoms with van der Waals surface area (Å²) in [7, 11) is 0. The van der Waals surface area contributed by atoms with Crippen molar-refractivity contribution in [3.8, 4) is 0 Å². The van der Waals surface area contributed by atoms with Crippen LogP contribution in [0, 0.1) is 0 Å².